The van der Waals surface area contributed by atoms with Gasteiger partial charge in [-0.3, -0.25) is 4.79 Å². The summed E-state index contributed by atoms with van der Waals surface area (Å²) in [6, 6.07) is -0.716. The molecule has 0 heterocycles. The summed E-state index contributed by atoms with van der Waals surface area (Å²) in [5.41, 5.74) is 10.4. The molecule has 76 valence electrons. The Balaban J connectivity index is 0. The summed E-state index contributed by atoms with van der Waals surface area (Å²) in [4.78, 5) is 18.5. The lowest BCUT2D eigenvalue weighted by Gasteiger charge is -2.03. The molecule has 0 unspecified atom stereocenters. The third-order valence-electron chi connectivity index (χ3n) is 1.29. The highest BCUT2D eigenvalue weighted by molar-refractivity contribution is 5.72. The van der Waals surface area contributed by atoms with Gasteiger partial charge in [-0.15, -0.1) is 0 Å². The number of carboxylic acids is 1. The number of nitrogens with one attached hydrogen (secondary N) is 1. The van der Waals surface area contributed by atoms with Gasteiger partial charge in [0.15, 0.2) is 0 Å². The number of rotatable bonds is 5. The van der Waals surface area contributed by atoms with E-state index in [-0.39, 0.29) is 0 Å². The fraction of sp³-hybridized carbons (Fsp3) is 0.714. The maximum absolute atomic E-state index is 10.1. The zero-order valence-electron chi connectivity index (χ0n) is 7.32. The second-order valence-corrected chi connectivity index (χ2v) is 2.33. The van der Waals surface area contributed by atoms with E-state index in [0.29, 0.717) is 13.0 Å². The van der Waals surface area contributed by atoms with Crippen molar-refractivity contribution in [1.29, 1.82) is 5.41 Å². The molecule has 0 aromatic rings. The van der Waals surface area contributed by atoms with Crippen molar-refractivity contribution in [3.05, 3.63) is 0 Å². The molecule has 13 heavy (non-hydrogen) atoms. The predicted molar refractivity (Wildman–Crippen MR) is 46.9 cm³/mol. The Bertz CT molecular complexity index is 166. The van der Waals surface area contributed by atoms with E-state index < -0.39 is 12.0 Å². The minimum Gasteiger partial charge on any atom is -0.480 e. The Morgan fingerprint density at radius 3 is 2.31 bits per heavy atom. The summed E-state index contributed by atoms with van der Waals surface area (Å²) < 4.78 is 0. The van der Waals surface area contributed by atoms with Crippen molar-refractivity contribution in [3.8, 4) is 0 Å². The van der Waals surface area contributed by atoms with Gasteiger partial charge < -0.3 is 16.6 Å². The lowest BCUT2D eigenvalue weighted by Crippen LogP contribution is -2.29. The average Bonchev–Trinajstić information content (AvgIpc) is 2.06. The maximum Gasteiger partial charge on any atom is 0.320 e. The quantitative estimate of drug-likeness (QED) is 0.261. The minimum absolute atomic E-state index is 0.520. The van der Waals surface area contributed by atoms with E-state index in [1.807, 2.05) is 0 Å². The van der Waals surface area contributed by atoms with E-state index in [1.165, 1.54) is 0 Å². The van der Waals surface area contributed by atoms with Gasteiger partial charge in [0.25, 0.3) is 0 Å². The van der Waals surface area contributed by atoms with Crippen LogP contribution in [0.15, 0.2) is 0 Å². The number of isocyanates is 1. The molecule has 0 bridgehead atoms. The molecule has 0 radical (unpaired) electrons. The first-order chi connectivity index (χ1) is 6.09. The van der Waals surface area contributed by atoms with Crippen LogP contribution < -0.4 is 11.5 Å². The van der Waals surface area contributed by atoms with Gasteiger partial charge in [-0.05, 0) is 19.4 Å². The predicted octanol–water partition coefficient (Wildman–Crippen LogP) is -0.572. The molecular weight excluding hydrogens is 174 g/mol. The summed E-state index contributed by atoms with van der Waals surface area (Å²) in [6.45, 7) is 0.604. The standard InChI is InChI=1S/C6H14N2O2.CHNO/c7-4-2-1-3-5(8)6(9)10;2-1-3/h5H,1-4,7-8H2,(H,9,10);2H/t5-;/m0./s1. The molecule has 0 aromatic carbocycles. The second kappa shape index (κ2) is 10.8. The largest absolute Gasteiger partial charge is 0.480 e. The highest BCUT2D eigenvalue weighted by Gasteiger charge is 2.09. The van der Waals surface area contributed by atoms with Crippen molar-refractivity contribution in [1.82, 2.24) is 0 Å². The van der Waals surface area contributed by atoms with Gasteiger partial charge in [-0.2, -0.15) is 0 Å². The van der Waals surface area contributed by atoms with Gasteiger partial charge in [0.2, 0.25) is 6.08 Å². The van der Waals surface area contributed by atoms with Crippen LogP contribution in [-0.2, 0) is 9.59 Å². The molecular formula is C7H15N3O3. The minimum atomic E-state index is -0.933. The van der Waals surface area contributed by atoms with Crippen LogP contribution in [0.1, 0.15) is 19.3 Å². The van der Waals surface area contributed by atoms with Crippen LogP contribution >= 0.6 is 0 Å². The van der Waals surface area contributed by atoms with Gasteiger partial charge in [-0.25, -0.2) is 10.2 Å². The Kier molecular flexibility index (Phi) is 11.8. The van der Waals surface area contributed by atoms with Crippen molar-refractivity contribution in [2.45, 2.75) is 25.3 Å². The van der Waals surface area contributed by atoms with Crippen LogP contribution in [0.4, 0.5) is 0 Å². The van der Waals surface area contributed by atoms with Crippen LogP contribution in [-0.4, -0.2) is 29.7 Å². The molecule has 0 amide bonds. The highest BCUT2D eigenvalue weighted by atomic mass is 16.4. The summed E-state index contributed by atoms with van der Waals surface area (Å²) >= 11 is 0. The van der Waals surface area contributed by atoms with E-state index in [0.717, 1.165) is 18.9 Å². The summed E-state index contributed by atoms with van der Waals surface area (Å²) in [5, 5.41) is 13.7. The van der Waals surface area contributed by atoms with Crippen molar-refractivity contribution >= 4 is 12.0 Å². The van der Waals surface area contributed by atoms with Crippen LogP contribution in [0.5, 0.6) is 0 Å². The number of aliphatic carboxylic acids is 1. The van der Waals surface area contributed by atoms with Crippen LogP contribution in [0, 0.1) is 5.41 Å². The van der Waals surface area contributed by atoms with Crippen LogP contribution in [0.25, 0.3) is 0 Å². The summed E-state index contributed by atoms with van der Waals surface area (Å²) in [7, 11) is 0. The van der Waals surface area contributed by atoms with Crippen LogP contribution in [0.2, 0.25) is 0 Å². The third-order valence-corrected chi connectivity index (χ3v) is 1.29. The van der Waals surface area contributed by atoms with Gasteiger partial charge in [0.05, 0.1) is 0 Å². The Hall–Kier alpha value is -1.23. The number of carbonyl (C=O) groups is 1. The zero-order chi connectivity index (χ0) is 10.7. The topological polar surface area (TPSA) is 130 Å². The lowest BCUT2D eigenvalue weighted by molar-refractivity contribution is -0.138. The number of nitrogens with two attached hydrogens (primary N) is 2. The monoisotopic (exact) mass is 189 g/mol. The zero-order valence-corrected chi connectivity index (χ0v) is 7.32. The van der Waals surface area contributed by atoms with Crippen molar-refractivity contribution in [3.63, 3.8) is 0 Å². The molecule has 0 rings (SSSR count). The molecule has 0 saturated heterocycles. The summed E-state index contributed by atoms with van der Waals surface area (Å²) in [5.74, 6) is -0.933. The summed E-state index contributed by atoms with van der Waals surface area (Å²) in [6.07, 6.45) is 2.91. The molecule has 0 spiro atoms. The molecule has 0 aromatic heterocycles. The molecule has 0 aliphatic carbocycles. The number of carboxylic acid groups (broad SMARTS) is 1. The fourth-order valence-electron chi connectivity index (χ4n) is 0.632. The molecule has 1 atom stereocenters. The Morgan fingerprint density at radius 2 is 2.00 bits per heavy atom. The molecule has 6 nitrogen and oxygen atoms in total. The number of hydrogen-bond acceptors (Lipinski definition) is 5. The molecule has 0 aliphatic heterocycles. The SMILES string of the molecule is N=C=O.NCCCC[C@H](N)C(=O)O. The normalized spacial score (nSPS) is 10.6. The Morgan fingerprint density at radius 1 is 1.54 bits per heavy atom. The lowest BCUT2D eigenvalue weighted by atomic mass is 10.1. The molecule has 0 fully saturated rings. The van der Waals surface area contributed by atoms with E-state index in [1.54, 1.807) is 0 Å². The molecule has 0 saturated carbocycles. The third kappa shape index (κ3) is 13.7. The van der Waals surface area contributed by atoms with E-state index in [2.05, 4.69) is 0 Å². The van der Waals surface area contributed by atoms with Gasteiger partial charge in [-0.1, -0.05) is 6.42 Å². The maximum atomic E-state index is 10.1. The van der Waals surface area contributed by atoms with Gasteiger partial charge in [0.1, 0.15) is 6.04 Å². The van der Waals surface area contributed by atoms with E-state index in [4.69, 9.17) is 26.8 Å². The van der Waals surface area contributed by atoms with Crippen LogP contribution in [0.3, 0.4) is 0 Å². The number of carbonyl (C=O) groups excluding carboxylic acids is 1. The van der Waals surface area contributed by atoms with E-state index in [9.17, 15) is 4.79 Å². The van der Waals surface area contributed by atoms with Gasteiger partial charge >= 0.3 is 5.97 Å². The second-order valence-electron chi connectivity index (χ2n) is 2.33. The smallest absolute Gasteiger partial charge is 0.320 e. The van der Waals surface area contributed by atoms with Gasteiger partial charge in [0, 0.05) is 0 Å². The first-order valence-electron chi connectivity index (χ1n) is 3.82. The average molecular weight is 189 g/mol. The van der Waals surface area contributed by atoms with E-state index >= 15 is 0 Å². The molecule has 0 aliphatic rings. The van der Waals surface area contributed by atoms with Crippen molar-refractivity contribution in [2.24, 2.45) is 11.5 Å². The molecule has 6 N–H and O–H groups in total. The highest BCUT2D eigenvalue weighted by Crippen LogP contribution is 1.96. The molecule has 6 heteroatoms. The first kappa shape index (κ1) is 14.3. The Labute approximate surface area is 76.4 Å². The fourth-order valence-corrected chi connectivity index (χ4v) is 0.632. The number of unbranched alkanes of at least 4 members (excludes halogenated alkanes) is 1. The number of hydrogen-bond donors (Lipinski definition) is 4. The van der Waals surface area contributed by atoms with Crippen molar-refractivity contribution in [2.75, 3.05) is 6.54 Å². The first-order valence-corrected chi connectivity index (χ1v) is 3.82. The van der Waals surface area contributed by atoms with Crippen molar-refractivity contribution < 1.29 is 14.7 Å².